The van der Waals surface area contributed by atoms with Crippen LogP contribution in [0.2, 0.25) is 0 Å². The molecule has 0 aliphatic rings. The normalized spacial score (nSPS) is 18.3. The van der Waals surface area contributed by atoms with Gasteiger partial charge < -0.3 is 10.8 Å². The minimum absolute atomic E-state index is 0.553. The minimum Gasteiger partial charge on any atom is -0.480 e. The van der Waals surface area contributed by atoms with Crippen LogP contribution in [-0.2, 0) is 4.79 Å². The van der Waals surface area contributed by atoms with Crippen LogP contribution in [0.5, 0.6) is 0 Å². The van der Waals surface area contributed by atoms with Crippen molar-refractivity contribution in [1.29, 1.82) is 0 Å². The summed E-state index contributed by atoms with van der Waals surface area (Å²) in [6.07, 6.45) is 2.52. The Kier molecular flexibility index (Phi) is 4.24. The molecule has 0 radical (unpaired) electrons. The molecule has 3 heteroatoms. The summed E-state index contributed by atoms with van der Waals surface area (Å²) in [6.45, 7) is 5.77. The smallest absolute Gasteiger partial charge is 0.323 e. The van der Waals surface area contributed by atoms with Gasteiger partial charge in [-0.05, 0) is 25.7 Å². The number of aliphatic carboxylic acids is 1. The van der Waals surface area contributed by atoms with Gasteiger partial charge in [-0.1, -0.05) is 20.3 Å². The maximum absolute atomic E-state index is 10.6. The lowest BCUT2D eigenvalue weighted by Crippen LogP contribution is -2.44. The molecule has 0 aromatic carbocycles. The van der Waals surface area contributed by atoms with Crippen molar-refractivity contribution in [1.82, 2.24) is 0 Å². The van der Waals surface area contributed by atoms with Crippen molar-refractivity contribution >= 4 is 5.97 Å². The quantitative estimate of drug-likeness (QED) is 0.664. The minimum atomic E-state index is -1.05. The molecule has 2 atom stereocenters. The Balaban J connectivity index is 3.83. The highest BCUT2D eigenvalue weighted by Gasteiger charge is 2.27. The molecule has 0 bridgehead atoms. The van der Waals surface area contributed by atoms with E-state index in [2.05, 4.69) is 13.8 Å². The summed E-state index contributed by atoms with van der Waals surface area (Å²) < 4.78 is 0. The fraction of sp³-hybridized carbons (Fsp3) is 0.889. The molecule has 0 aliphatic carbocycles. The number of rotatable bonds is 5. The molecule has 0 saturated carbocycles. The van der Waals surface area contributed by atoms with Crippen molar-refractivity contribution in [2.45, 2.75) is 45.6 Å². The number of carboxylic acids is 1. The zero-order valence-electron chi connectivity index (χ0n) is 8.13. The molecule has 72 valence electrons. The fourth-order valence-electron chi connectivity index (χ4n) is 0.857. The predicted molar refractivity (Wildman–Crippen MR) is 48.9 cm³/mol. The van der Waals surface area contributed by atoms with E-state index in [0.29, 0.717) is 12.3 Å². The summed E-state index contributed by atoms with van der Waals surface area (Å²) in [6, 6.07) is 0. The summed E-state index contributed by atoms with van der Waals surface area (Å²) in [5.74, 6) is -0.349. The molecule has 0 saturated heterocycles. The highest BCUT2D eigenvalue weighted by atomic mass is 16.4. The monoisotopic (exact) mass is 173 g/mol. The molecule has 3 nitrogen and oxygen atoms in total. The average Bonchev–Trinajstić information content (AvgIpc) is 2.00. The molecule has 12 heavy (non-hydrogen) atoms. The van der Waals surface area contributed by atoms with Crippen LogP contribution in [0.4, 0.5) is 0 Å². The molecule has 0 aromatic heterocycles. The van der Waals surface area contributed by atoms with Crippen LogP contribution in [0.25, 0.3) is 0 Å². The molecule has 0 heterocycles. The predicted octanol–water partition coefficient (Wildman–Crippen LogP) is 1.61. The van der Waals surface area contributed by atoms with Crippen molar-refractivity contribution < 1.29 is 9.90 Å². The lowest BCUT2D eigenvalue weighted by molar-refractivity contribution is -0.143. The number of carboxylic acid groups (broad SMARTS) is 1. The number of hydrogen-bond donors (Lipinski definition) is 2. The Labute approximate surface area is 74.0 Å². The van der Waals surface area contributed by atoms with E-state index in [9.17, 15) is 4.79 Å². The van der Waals surface area contributed by atoms with Gasteiger partial charge in [-0.2, -0.15) is 0 Å². The van der Waals surface area contributed by atoms with Crippen molar-refractivity contribution in [2.75, 3.05) is 0 Å². The van der Waals surface area contributed by atoms with E-state index in [1.165, 1.54) is 0 Å². The van der Waals surface area contributed by atoms with Crippen LogP contribution >= 0.6 is 0 Å². The van der Waals surface area contributed by atoms with Crippen LogP contribution in [-0.4, -0.2) is 16.6 Å². The van der Waals surface area contributed by atoms with Gasteiger partial charge in [0, 0.05) is 0 Å². The van der Waals surface area contributed by atoms with E-state index in [0.717, 1.165) is 12.8 Å². The first kappa shape index (κ1) is 11.4. The van der Waals surface area contributed by atoms with Gasteiger partial charge in [0.2, 0.25) is 0 Å². The van der Waals surface area contributed by atoms with E-state index in [-0.39, 0.29) is 0 Å². The molecule has 0 amide bonds. The Morgan fingerprint density at radius 1 is 1.67 bits per heavy atom. The highest BCUT2D eigenvalue weighted by Crippen LogP contribution is 2.16. The lowest BCUT2D eigenvalue weighted by Gasteiger charge is -2.20. The SMILES string of the molecule is CCC(C)CCC(C)(N)C(=O)O. The first-order valence-corrected chi connectivity index (χ1v) is 4.42. The maximum Gasteiger partial charge on any atom is 0.323 e. The second-order valence-electron chi connectivity index (χ2n) is 3.77. The first-order valence-electron chi connectivity index (χ1n) is 4.42. The van der Waals surface area contributed by atoms with Crippen LogP contribution in [0.15, 0.2) is 0 Å². The van der Waals surface area contributed by atoms with E-state index in [1.807, 2.05) is 0 Å². The first-order chi connectivity index (χ1) is 5.40. The largest absolute Gasteiger partial charge is 0.480 e. The number of hydrogen-bond acceptors (Lipinski definition) is 2. The van der Waals surface area contributed by atoms with Crippen LogP contribution in [0.3, 0.4) is 0 Å². The second-order valence-corrected chi connectivity index (χ2v) is 3.77. The van der Waals surface area contributed by atoms with E-state index in [1.54, 1.807) is 6.92 Å². The van der Waals surface area contributed by atoms with Gasteiger partial charge in [0.25, 0.3) is 0 Å². The van der Waals surface area contributed by atoms with Gasteiger partial charge in [-0.3, -0.25) is 4.79 Å². The zero-order valence-corrected chi connectivity index (χ0v) is 8.13. The van der Waals surface area contributed by atoms with Gasteiger partial charge >= 0.3 is 5.97 Å². The molecular weight excluding hydrogens is 154 g/mol. The average molecular weight is 173 g/mol. The molecule has 2 unspecified atom stereocenters. The van der Waals surface area contributed by atoms with Crippen molar-refractivity contribution in [3.8, 4) is 0 Å². The van der Waals surface area contributed by atoms with Gasteiger partial charge in [-0.15, -0.1) is 0 Å². The molecular formula is C9H19NO2. The lowest BCUT2D eigenvalue weighted by atomic mass is 9.91. The third kappa shape index (κ3) is 3.72. The van der Waals surface area contributed by atoms with Crippen molar-refractivity contribution in [3.63, 3.8) is 0 Å². The van der Waals surface area contributed by atoms with Gasteiger partial charge in [-0.25, -0.2) is 0 Å². The maximum atomic E-state index is 10.6. The summed E-state index contributed by atoms with van der Waals surface area (Å²) >= 11 is 0. The highest BCUT2D eigenvalue weighted by molar-refractivity contribution is 5.77. The van der Waals surface area contributed by atoms with Crippen molar-refractivity contribution in [2.24, 2.45) is 11.7 Å². The van der Waals surface area contributed by atoms with Crippen LogP contribution in [0.1, 0.15) is 40.0 Å². The van der Waals surface area contributed by atoms with E-state index < -0.39 is 11.5 Å². The van der Waals surface area contributed by atoms with Crippen molar-refractivity contribution in [3.05, 3.63) is 0 Å². The Morgan fingerprint density at radius 2 is 2.17 bits per heavy atom. The second kappa shape index (κ2) is 4.45. The molecule has 0 aliphatic heterocycles. The topological polar surface area (TPSA) is 63.3 Å². The Bertz CT molecular complexity index is 155. The standard InChI is InChI=1S/C9H19NO2/c1-4-7(2)5-6-9(3,10)8(11)12/h7H,4-6,10H2,1-3H3,(H,11,12). The van der Waals surface area contributed by atoms with Gasteiger partial charge in [0.1, 0.15) is 5.54 Å². The van der Waals surface area contributed by atoms with Gasteiger partial charge in [0.15, 0.2) is 0 Å². The fourth-order valence-corrected chi connectivity index (χ4v) is 0.857. The Morgan fingerprint density at radius 3 is 2.50 bits per heavy atom. The molecule has 0 aromatic rings. The van der Waals surface area contributed by atoms with Crippen LogP contribution < -0.4 is 5.73 Å². The molecule has 0 spiro atoms. The van der Waals surface area contributed by atoms with Crippen LogP contribution in [0, 0.1) is 5.92 Å². The number of nitrogens with two attached hydrogens (primary N) is 1. The third-order valence-electron chi connectivity index (χ3n) is 2.34. The summed E-state index contributed by atoms with van der Waals surface area (Å²) in [5, 5.41) is 8.70. The zero-order chi connectivity index (χ0) is 9.78. The molecule has 3 N–H and O–H groups in total. The third-order valence-corrected chi connectivity index (χ3v) is 2.34. The number of carbonyl (C=O) groups is 1. The van der Waals surface area contributed by atoms with E-state index >= 15 is 0 Å². The summed E-state index contributed by atoms with van der Waals surface area (Å²) in [7, 11) is 0. The van der Waals surface area contributed by atoms with E-state index in [4.69, 9.17) is 10.8 Å². The Hall–Kier alpha value is -0.570. The summed E-state index contributed by atoms with van der Waals surface area (Å²) in [5.41, 5.74) is 4.51. The molecule has 0 fully saturated rings. The summed E-state index contributed by atoms with van der Waals surface area (Å²) in [4.78, 5) is 10.6. The van der Waals surface area contributed by atoms with Gasteiger partial charge in [0.05, 0.1) is 0 Å². The molecule has 0 rings (SSSR count).